The zero-order valence-electron chi connectivity index (χ0n) is 9.62. The van der Waals surface area contributed by atoms with E-state index in [1.807, 2.05) is 25.1 Å². The number of para-hydroxylation sites is 1. The van der Waals surface area contributed by atoms with Gasteiger partial charge in [0.15, 0.2) is 0 Å². The van der Waals surface area contributed by atoms with E-state index in [4.69, 9.17) is 16.3 Å². The third kappa shape index (κ3) is 2.66. The van der Waals surface area contributed by atoms with Gasteiger partial charge < -0.3 is 10.1 Å². The number of hydrogen-bond acceptors (Lipinski definition) is 3. The van der Waals surface area contributed by atoms with E-state index in [-0.39, 0.29) is 6.10 Å². The molecule has 2 atom stereocenters. The molecule has 16 heavy (non-hydrogen) atoms. The van der Waals surface area contributed by atoms with Crippen LogP contribution in [0.3, 0.4) is 0 Å². The van der Waals surface area contributed by atoms with E-state index in [0.29, 0.717) is 5.02 Å². The zero-order chi connectivity index (χ0) is 12.2. The number of nitrogens with one attached hydrogen (secondary N) is 1. The molecule has 1 rings (SSSR count). The number of nitriles is 1. The van der Waals surface area contributed by atoms with Crippen molar-refractivity contribution in [2.75, 3.05) is 12.4 Å². The summed E-state index contributed by atoms with van der Waals surface area (Å²) in [6.45, 7) is 3.62. The van der Waals surface area contributed by atoms with Crippen LogP contribution in [0.2, 0.25) is 5.02 Å². The average Bonchev–Trinajstić information content (AvgIpc) is 2.31. The molecule has 0 aliphatic carbocycles. The molecule has 1 aromatic carbocycles. The number of benzene rings is 1. The fourth-order valence-electron chi connectivity index (χ4n) is 1.30. The van der Waals surface area contributed by atoms with Gasteiger partial charge in [-0.05, 0) is 26.0 Å². The number of halogens is 1. The fourth-order valence-corrected chi connectivity index (χ4v) is 1.48. The highest BCUT2D eigenvalue weighted by Crippen LogP contribution is 2.26. The van der Waals surface area contributed by atoms with Crippen LogP contribution >= 0.6 is 11.6 Å². The molecule has 1 N–H and O–H groups in total. The van der Waals surface area contributed by atoms with Gasteiger partial charge in [-0.25, -0.2) is 0 Å². The van der Waals surface area contributed by atoms with Crippen LogP contribution in [-0.4, -0.2) is 18.8 Å². The van der Waals surface area contributed by atoms with Crippen LogP contribution in [0, 0.1) is 11.3 Å². The molecular weight excluding hydrogens is 224 g/mol. The molecule has 2 unspecified atom stereocenters. The van der Waals surface area contributed by atoms with Crippen LogP contribution in [0.15, 0.2) is 24.3 Å². The molecule has 86 valence electrons. The van der Waals surface area contributed by atoms with Crippen LogP contribution < -0.4 is 5.32 Å². The first-order chi connectivity index (χ1) is 7.53. The van der Waals surface area contributed by atoms with Gasteiger partial charge in [-0.15, -0.1) is 0 Å². The van der Waals surface area contributed by atoms with Gasteiger partial charge in [-0.2, -0.15) is 5.26 Å². The summed E-state index contributed by atoms with van der Waals surface area (Å²) in [4.78, 5) is 0. The van der Waals surface area contributed by atoms with Crippen molar-refractivity contribution in [3.05, 3.63) is 29.3 Å². The first-order valence-corrected chi connectivity index (χ1v) is 5.38. The number of hydrogen-bond donors (Lipinski definition) is 1. The monoisotopic (exact) mass is 238 g/mol. The summed E-state index contributed by atoms with van der Waals surface area (Å²) in [5.74, 6) is 0. The van der Waals surface area contributed by atoms with Crippen molar-refractivity contribution in [1.82, 2.24) is 0 Å². The first kappa shape index (κ1) is 12.8. The molecule has 0 radical (unpaired) electrons. The number of rotatable bonds is 4. The van der Waals surface area contributed by atoms with Crippen LogP contribution in [-0.2, 0) is 4.74 Å². The Labute approximate surface area is 101 Å². The topological polar surface area (TPSA) is 45.0 Å². The molecule has 0 saturated carbocycles. The van der Waals surface area contributed by atoms with E-state index >= 15 is 0 Å². The Kier molecular flexibility index (Phi) is 4.17. The van der Waals surface area contributed by atoms with Crippen molar-refractivity contribution in [1.29, 1.82) is 5.26 Å². The van der Waals surface area contributed by atoms with Crippen molar-refractivity contribution in [3.8, 4) is 6.07 Å². The maximum absolute atomic E-state index is 9.20. The minimum absolute atomic E-state index is 0.242. The lowest BCUT2D eigenvalue weighted by atomic mass is 9.97. The second kappa shape index (κ2) is 5.20. The standard InChI is InChI=1S/C12H15ClN2O/c1-9(16-3)12(2,8-14)15-11-7-5-4-6-10(11)13/h4-7,9,15H,1-3H3. The number of ether oxygens (including phenoxy) is 1. The van der Waals surface area contributed by atoms with E-state index in [9.17, 15) is 5.26 Å². The van der Waals surface area contributed by atoms with E-state index in [0.717, 1.165) is 5.69 Å². The van der Waals surface area contributed by atoms with Gasteiger partial charge in [0.1, 0.15) is 5.54 Å². The number of methoxy groups -OCH3 is 1. The van der Waals surface area contributed by atoms with Crippen LogP contribution in [0.5, 0.6) is 0 Å². The molecule has 1 aromatic rings. The van der Waals surface area contributed by atoms with E-state index in [2.05, 4.69) is 11.4 Å². The molecule has 0 heterocycles. The summed E-state index contributed by atoms with van der Waals surface area (Å²) in [6.07, 6.45) is -0.242. The lowest BCUT2D eigenvalue weighted by Crippen LogP contribution is -2.44. The summed E-state index contributed by atoms with van der Waals surface area (Å²) < 4.78 is 5.19. The van der Waals surface area contributed by atoms with E-state index in [1.165, 1.54) is 0 Å². The van der Waals surface area contributed by atoms with Crippen molar-refractivity contribution in [3.63, 3.8) is 0 Å². The Bertz CT molecular complexity index is 402. The van der Waals surface area contributed by atoms with Gasteiger partial charge in [0, 0.05) is 7.11 Å². The van der Waals surface area contributed by atoms with Gasteiger partial charge in [0.2, 0.25) is 0 Å². The average molecular weight is 239 g/mol. The Morgan fingerprint density at radius 3 is 2.62 bits per heavy atom. The fraction of sp³-hybridized carbons (Fsp3) is 0.417. The Hall–Kier alpha value is -1.24. The second-order valence-electron chi connectivity index (χ2n) is 3.80. The van der Waals surface area contributed by atoms with Crippen molar-refractivity contribution < 1.29 is 4.74 Å². The van der Waals surface area contributed by atoms with Gasteiger partial charge in [-0.3, -0.25) is 0 Å². The highest BCUT2D eigenvalue weighted by molar-refractivity contribution is 6.33. The molecule has 0 saturated heterocycles. The molecule has 3 nitrogen and oxygen atoms in total. The smallest absolute Gasteiger partial charge is 0.148 e. The molecule has 0 spiro atoms. The quantitative estimate of drug-likeness (QED) is 0.877. The second-order valence-corrected chi connectivity index (χ2v) is 4.20. The lowest BCUT2D eigenvalue weighted by Gasteiger charge is -2.30. The predicted octanol–water partition coefficient (Wildman–Crippen LogP) is 3.07. The lowest BCUT2D eigenvalue weighted by molar-refractivity contribution is 0.0853. The normalized spacial score (nSPS) is 15.9. The van der Waals surface area contributed by atoms with Crippen LogP contribution in [0.1, 0.15) is 13.8 Å². The molecule has 0 bridgehead atoms. The zero-order valence-corrected chi connectivity index (χ0v) is 10.4. The molecule has 0 aliphatic heterocycles. The summed E-state index contributed by atoms with van der Waals surface area (Å²) in [6, 6.07) is 9.53. The Morgan fingerprint density at radius 2 is 2.12 bits per heavy atom. The molecular formula is C12H15ClN2O. The maximum atomic E-state index is 9.20. The van der Waals surface area contributed by atoms with Crippen molar-refractivity contribution in [2.24, 2.45) is 0 Å². The van der Waals surface area contributed by atoms with E-state index in [1.54, 1.807) is 20.1 Å². The Morgan fingerprint density at radius 1 is 1.50 bits per heavy atom. The maximum Gasteiger partial charge on any atom is 0.148 e. The number of anilines is 1. The van der Waals surface area contributed by atoms with Crippen molar-refractivity contribution >= 4 is 17.3 Å². The first-order valence-electron chi connectivity index (χ1n) is 5.00. The van der Waals surface area contributed by atoms with Crippen LogP contribution in [0.25, 0.3) is 0 Å². The van der Waals surface area contributed by atoms with Gasteiger partial charge in [-0.1, -0.05) is 23.7 Å². The summed E-state index contributed by atoms with van der Waals surface area (Å²) in [5.41, 5.74) is -0.0724. The third-order valence-electron chi connectivity index (χ3n) is 2.67. The van der Waals surface area contributed by atoms with Gasteiger partial charge in [0.05, 0.1) is 22.9 Å². The molecule has 0 aromatic heterocycles. The Balaban J connectivity index is 2.95. The third-order valence-corrected chi connectivity index (χ3v) is 3.00. The molecule has 0 fully saturated rings. The van der Waals surface area contributed by atoms with E-state index < -0.39 is 5.54 Å². The summed E-state index contributed by atoms with van der Waals surface area (Å²) in [5, 5.41) is 12.9. The highest BCUT2D eigenvalue weighted by atomic mass is 35.5. The SMILES string of the molecule is COC(C)C(C)(C#N)Nc1ccccc1Cl. The van der Waals surface area contributed by atoms with Crippen molar-refractivity contribution in [2.45, 2.75) is 25.5 Å². The van der Waals surface area contributed by atoms with Gasteiger partial charge >= 0.3 is 0 Å². The minimum Gasteiger partial charge on any atom is -0.378 e. The van der Waals surface area contributed by atoms with Gasteiger partial charge in [0.25, 0.3) is 0 Å². The highest BCUT2D eigenvalue weighted by Gasteiger charge is 2.31. The minimum atomic E-state index is -0.806. The molecule has 0 amide bonds. The molecule has 0 aliphatic rings. The largest absolute Gasteiger partial charge is 0.378 e. The van der Waals surface area contributed by atoms with Crippen LogP contribution in [0.4, 0.5) is 5.69 Å². The summed E-state index contributed by atoms with van der Waals surface area (Å²) in [7, 11) is 1.58. The molecule has 4 heteroatoms. The summed E-state index contributed by atoms with van der Waals surface area (Å²) >= 11 is 6.02. The number of nitrogens with zero attached hydrogens (tertiary/aromatic N) is 1. The predicted molar refractivity (Wildman–Crippen MR) is 65.6 cm³/mol.